The van der Waals surface area contributed by atoms with Gasteiger partial charge in [-0.15, -0.1) is 0 Å². The number of carbonyl (C=O) groups is 1. The first-order chi connectivity index (χ1) is 16.1. The maximum Gasteiger partial charge on any atom is 0.240 e. The second-order valence-electron chi connectivity index (χ2n) is 8.16. The molecule has 0 bridgehead atoms. The van der Waals surface area contributed by atoms with Gasteiger partial charge in [-0.3, -0.25) is 4.79 Å². The van der Waals surface area contributed by atoms with Crippen molar-refractivity contribution in [3.05, 3.63) is 72.3 Å². The van der Waals surface area contributed by atoms with E-state index in [4.69, 9.17) is 9.47 Å². The molecule has 0 aliphatic carbocycles. The van der Waals surface area contributed by atoms with E-state index >= 15 is 0 Å². The molecule has 3 aromatic carbocycles. The molecule has 4 rings (SSSR count). The fraction of sp³-hybridized carbons (Fsp3) is 0.308. The number of rotatable bonds is 10. The van der Waals surface area contributed by atoms with Crippen LogP contribution in [0.5, 0.6) is 11.5 Å². The van der Waals surface area contributed by atoms with Gasteiger partial charge in [-0.25, -0.2) is 5.43 Å². The lowest BCUT2D eigenvalue weighted by Crippen LogP contribution is -2.33. The Labute approximate surface area is 193 Å². The van der Waals surface area contributed by atoms with E-state index in [2.05, 4.69) is 15.8 Å². The fourth-order valence-corrected chi connectivity index (χ4v) is 3.80. The van der Waals surface area contributed by atoms with E-state index in [0.29, 0.717) is 26.1 Å². The number of carbonyl (C=O) groups excluding carboxylic acids is 1. The average Bonchev–Trinajstić information content (AvgIpc) is 2.83. The molecule has 1 amide bonds. The number of aliphatic hydroxyl groups excluding tert-OH is 1. The second-order valence-corrected chi connectivity index (χ2v) is 8.16. The van der Waals surface area contributed by atoms with Gasteiger partial charge in [0.1, 0.15) is 30.8 Å². The minimum atomic E-state index is -0.623. The van der Waals surface area contributed by atoms with Crippen LogP contribution < -0.4 is 20.2 Å². The van der Waals surface area contributed by atoms with E-state index < -0.39 is 6.10 Å². The minimum absolute atomic E-state index is 0.0519. The molecule has 33 heavy (non-hydrogen) atoms. The van der Waals surface area contributed by atoms with Gasteiger partial charge in [0, 0.05) is 30.8 Å². The van der Waals surface area contributed by atoms with Crippen molar-refractivity contribution < 1.29 is 19.4 Å². The van der Waals surface area contributed by atoms with Gasteiger partial charge in [0.15, 0.2) is 0 Å². The minimum Gasteiger partial charge on any atom is -0.492 e. The zero-order valence-electron chi connectivity index (χ0n) is 18.7. The number of nitrogens with zero attached hydrogens (tertiary/aromatic N) is 1. The van der Waals surface area contributed by atoms with E-state index in [9.17, 15) is 9.90 Å². The number of hydrogen-bond donors (Lipinski definition) is 3. The van der Waals surface area contributed by atoms with E-state index in [1.54, 1.807) is 0 Å². The number of hydrogen-bond acceptors (Lipinski definition) is 6. The van der Waals surface area contributed by atoms with Crippen molar-refractivity contribution in [2.24, 2.45) is 11.0 Å². The van der Waals surface area contributed by atoms with Crippen LogP contribution in [0.15, 0.2) is 71.8 Å². The van der Waals surface area contributed by atoms with Gasteiger partial charge < -0.3 is 19.9 Å². The Morgan fingerprint density at radius 2 is 1.88 bits per heavy atom. The van der Waals surface area contributed by atoms with Crippen LogP contribution in [-0.2, 0) is 4.79 Å². The first-order valence-corrected chi connectivity index (χ1v) is 11.2. The summed E-state index contributed by atoms with van der Waals surface area (Å²) in [6.45, 7) is 3.70. The molecule has 7 nitrogen and oxygen atoms in total. The number of benzene rings is 3. The van der Waals surface area contributed by atoms with Crippen LogP contribution in [0.4, 0.5) is 0 Å². The lowest BCUT2D eigenvalue weighted by molar-refractivity contribution is -0.121. The number of amides is 1. The highest BCUT2D eigenvalue weighted by molar-refractivity contribution is 6.05. The molecular weight excluding hydrogens is 418 g/mol. The van der Waals surface area contributed by atoms with Crippen LogP contribution in [0.25, 0.3) is 10.8 Å². The molecule has 172 valence electrons. The number of ether oxygens (including phenoxy) is 2. The predicted molar refractivity (Wildman–Crippen MR) is 129 cm³/mol. The maximum atomic E-state index is 11.4. The summed E-state index contributed by atoms with van der Waals surface area (Å²) in [6.07, 6.45) is -0.177. The summed E-state index contributed by atoms with van der Waals surface area (Å²) in [5.74, 6) is 1.57. The Hall–Kier alpha value is -3.42. The number of nitrogens with one attached hydrogen (secondary N) is 2. The summed E-state index contributed by atoms with van der Waals surface area (Å²) in [6, 6.07) is 21.6. The summed E-state index contributed by atoms with van der Waals surface area (Å²) in [5, 5.41) is 19.7. The molecule has 0 spiro atoms. The predicted octanol–water partition coefficient (Wildman–Crippen LogP) is 3.11. The number of hydrazone groups is 1. The Morgan fingerprint density at radius 3 is 2.70 bits per heavy atom. The highest BCUT2D eigenvalue weighted by Gasteiger charge is 2.21. The Kier molecular flexibility index (Phi) is 7.55. The zero-order chi connectivity index (χ0) is 23.0. The van der Waals surface area contributed by atoms with E-state index in [1.807, 2.05) is 73.7 Å². The molecule has 0 saturated carbocycles. The van der Waals surface area contributed by atoms with Gasteiger partial charge in [0.25, 0.3) is 0 Å². The van der Waals surface area contributed by atoms with E-state index in [1.165, 1.54) is 0 Å². The summed E-state index contributed by atoms with van der Waals surface area (Å²) in [5.41, 5.74) is 4.39. The molecule has 2 atom stereocenters. The SMILES string of the molecule is CC1CC(=O)NN=C1c1ccc(OCCNCC(O)COc2cccc3ccccc23)cc1. The lowest BCUT2D eigenvalue weighted by atomic mass is 9.94. The van der Waals surface area contributed by atoms with E-state index in [0.717, 1.165) is 33.5 Å². The molecule has 7 heteroatoms. The van der Waals surface area contributed by atoms with Gasteiger partial charge in [0.05, 0.1) is 5.71 Å². The third kappa shape index (κ3) is 6.09. The largest absolute Gasteiger partial charge is 0.492 e. The summed E-state index contributed by atoms with van der Waals surface area (Å²) in [7, 11) is 0. The lowest BCUT2D eigenvalue weighted by Gasteiger charge is -2.19. The topological polar surface area (TPSA) is 92.2 Å². The second kappa shape index (κ2) is 10.9. The van der Waals surface area contributed by atoms with Crippen molar-refractivity contribution in [3.63, 3.8) is 0 Å². The highest BCUT2D eigenvalue weighted by Crippen LogP contribution is 2.25. The molecule has 2 unspecified atom stereocenters. The Morgan fingerprint density at radius 1 is 1.09 bits per heavy atom. The normalized spacial score (nSPS) is 16.7. The zero-order valence-corrected chi connectivity index (χ0v) is 18.7. The Balaban J connectivity index is 1.16. The van der Waals surface area contributed by atoms with Crippen LogP contribution in [0.3, 0.4) is 0 Å². The van der Waals surface area contributed by atoms with Crippen molar-refractivity contribution in [2.45, 2.75) is 19.4 Å². The molecule has 0 aromatic heterocycles. The third-order valence-electron chi connectivity index (χ3n) is 5.52. The summed E-state index contributed by atoms with van der Waals surface area (Å²) < 4.78 is 11.6. The molecule has 3 aromatic rings. The molecule has 1 aliphatic heterocycles. The maximum absolute atomic E-state index is 11.4. The Bertz CT molecular complexity index is 1110. The van der Waals surface area contributed by atoms with Crippen LogP contribution >= 0.6 is 0 Å². The van der Waals surface area contributed by atoms with Crippen molar-refractivity contribution in [1.29, 1.82) is 0 Å². The first-order valence-electron chi connectivity index (χ1n) is 11.2. The van der Waals surface area contributed by atoms with E-state index in [-0.39, 0.29) is 18.4 Å². The van der Waals surface area contributed by atoms with Gasteiger partial charge >= 0.3 is 0 Å². The molecule has 1 aliphatic rings. The molecular formula is C26H29N3O4. The molecule has 0 saturated heterocycles. The van der Waals surface area contributed by atoms with Crippen molar-refractivity contribution in [3.8, 4) is 11.5 Å². The summed E-state index contributed by atoms with van der Waals surface area (Å²) >= 11 is 0. The van der Waals surface area contributed by atoms with Crippen LogP contribution in [0.1, 0.15) is 18.9 Å². The standard InChI is InChI=1S/C26H29N3O4/c1-18-15-25(31)28-29-26(18)20-9-11-22(12-10-20)32-14-13-27-16-21(30)17-33-24-8-4-6-19-5-2-3-7-23(19)24/h2-12,18,21,27,30H,13-17H2,1H3,(H,28,31). The molecule has 0 radical (unpaired) electrons. The van der Waals surface area contributed by atoms with Gasteiger partial charge in [0.2, 0.25) is 5.91 Å². The fourth-order valence-electron chi connectivity index (χ4n) is 3.80. The highest BCUT2D eigenvalue weighted by atomic mass is 16.5. The van der Waals surface area contributed by atoms with Gasteiger partial charge in [-0.1, -0.05) is 43.3 Å². The quantitative estimate of drug-likeness (QED) is 0.416. The van der Waals surface area contributed by atoms with Gasteiger partial charge in [-0.2, -0.15) is 5.10 Å². The molecule has 3 N–H and O–H groups in total. The van der Waals surface area contributed by atoms with Crippen LogP contribution in [0.2, 0.25) is 0 Å². The monoisotopic (exact) mass is 447 g/mol. The number of fused-ring (bicyclic) bond motifs is 1. The third-order valence-corrected chi connectivity index (χ3v) is 5.52. The van der Waals surface area contributed by atoms with Crippen molar-refractivity contribution >= 4 is 22.4 Å². The van der Waals surface area contributed by atoms with Crippen molar-refractivity contribution in [2.75, 3.05) is 26.3 Å². The number of aliphatic hydroxyl groups is 1. The average molecular weight is 448 g/mol. The van der Waals surface area contributed by atoms with Crippen molar-refractivity contribution in [1.82, 2.24) is 10.7 Å². The molecule has 0 fully saturated rings. The molecule has 1 heterocycles. The summed E-state index contributed by atoms with van der Waals surface area (Å²) in [4.78, 5) is 11.4. The van der Waals surface area contributed by atoms with Gasteiger partial charge in [-0.05, 0) is 41.3 Å². The smallest absolute Gasteiger partial charge is 0.240 e. The van der Waals surface area contributed by atoms with Crippen LogP contribution in [0, 0.1) is 5.92 Å². The first kappa shape index (κ1) is 22.8. The van der Waals surface area contributed by atoms with Crippen LogP contribution in [-0.4, -0.2) is 49.1 Å².